The summed E-state index contributed by atoms with van der Waals surface area (Å²) in [6.07, 6.45) is 0. The fourth-order valence-electron chi connectivity index (χ4n) is 2.63. The van der Waals surface area contributed by atoms with E-state index >= 15 is 0 Å². The second-order valence-corrected chi connectivity index (χ2v) is 4.61. The first-order chi connectivity index (χ1) is 9.31. The number of fused-ring (bicyclic) bond motifs is 2. The molecule has 0 aliphatic heterocycles. The normalized spacial score (nSPS) is 12.0. The van der Waals surface area contributed by atoms with Gasteiger partial charge >= 0.3 is 0 Å². The maximum Gasteiger partial charge on any atom is 0.0656 e. The Bertz CT molecular complexity index is 718. The minimum absolute atomic E-state index is 1.01. The Morgan fingerprint density at radius 2 is 1.42 bits per heavy atom. The third-order valence-electron chi connectivity index (χ3n) is 3.41. The molecule has 3 rings (SSSR count). The van der Waals surface area contributed by atoms with E-state index < -0.39 is 0 Å². The van der Waals surface area contributed by atoms with Gasteiger partial charge in [0.2, 0.25) is 0 Å². The standard InChI is InChI=1S/C17H16N2/c1-12(19-18-2)17-15-9-5-3-7-13(15)11-14-8-4-6-10-16(14)17/h3-11,18H,1-2H3/b19-12-. The van der Waals surface area contributed by atoms with Gasteiger partial charge in [-0.15, -0.1) is 0 Å². The van der Waals surface area contributed by atoms with Crippen LogP contribution in [0.1, 0.15) is 12.5 Å². The van der Waals surface area contributed by atoms with Crippen molar-refractivity contribution >= 4 is 27.3 Å². The van der Waals surface area contributed by atoms with Crippen LogP contribution in [0.2, 0.25) is 0 Å². The first kappa shape index (κ1) is 11.7. The van der Waals surface area contributed by atoms with Crippen molar-refractivity contribution in [1.29, 1.82) is 0 Å². The summed E-state index contributed by atoms with van der Waals surface area (Å²) in [5.74, 6) is 0. The van der Waals surface area contributed by atoms with E-state index in [4.69, 9.17) is 0 Å². The fraction of sp³-hybridized carbons (Fsp3) is 0.118. The molecule has 19 heavy (non-hydrogen) atoms. The van der Waals surface area contributed by atoms with Gasteiger partial charge in [-0.1, -0.05) is 48.5 Å². The monoisotopic (exact) mass is 248 g/mol. The Labute approximate surface area is 112 Å². The number of rotatable bonds is 2. The molecule has 94 valence electrons. The highest BCUT2D eigenvalue weighted by Gasteiger charge is 2.09. The van der Waals surface area contributed by atoms with Crippen molar-refractivity contribution in [3.8, 4) is 0 Å². The maximum atomic E-state index is 4.36. The third-order valence-corrected chi connectivity index (χ3v) is 3.41. The molecule has 2 nitrogen and oxygen atoms in total. The molecule has 0 heterocycles. The molecule has 0 spiro atoms. The van der Waals surface area contributed by atoms with Crippen LogP contribution in [0.5, 0.6) is 0 Å². The van der Waals surface area contributed by atoms with E-state index in [0.29, 0.717) is 0 Å². The predicted molar refractivity (Wildman–Crippen MR) is 82.7 cm³/mol. The van der Waals surface area contributed by atoms with Gasteiger partial charge in [-0.3, -0.25) is 0 Å². The number of hydrazone groups is 1. The van der Waals surface area contributed by atoms with Crippen LogP contribution in [-0.2, 0) is 0 Å². The van der Waals surface area contributed by atoms with Gasteiger partial charge < -0.3 is 5.43 Å². The summed E-state index contributed by atoms with van der Waals surface area (Å²) in [6.45, 7) is 2.05. The molecule has 1 N–H and O–H groups in total. The van der Waals surface area contributed by atoms with Crippen molar-refractivity contribution in [3.63, 3.8) is 0 Å². The van der Waals surface area contributed by atoms with Gasteiger partial charge in [0.1, 0.15) is 0 Å². The van der Waals surface area contributed by atoms with Gasteiger partial charge in [0, 0.05) is 12.6 Å². The van der Waals surface area contributed by atoms with Gasteiger partial charge in [-0.05, 0) is 34.5 Å². The number of hydrogen-bond donors (Lipinski definition) is 1. The Kier molecular flexibility index (Phi) is 2.92. The van der Waals surface area contributed by atoms with Crippen molar-refractivity contribution < 1.29 is 0 Å². The highest BCUT2D eigenvalue weighted by molar-refractivity contribution is 6.19. The number of nitrogens with one attached hydrogen (secondary N) is 1. The van der Waals surface area contributed by atoms with Crippen molar-refractivity contribution in [2.24, 2.45) is 5.10 Å². The number of benzene rings is 3. The van der Waals surface area contributed by atoms with E-state index in [1.54, 1.807) is 0 Å². The van der Waals surface area contributed by atoms with Crippen LogP contribution in [0.4, 0.5) is 0 Å². The summed E-state index contributed by atoms with van der Waals surface area (Å²) >= 11 is 0. The lowest BCUT2D eigenvalue weighted by atomic mass is 9.94. The molecule has 0 aromatic heterocycles. The Hall–Kier alpha value is -2.35. The molecule has 3 aromatic carbocycles. The van der Waals surface area contributed by atoms with Crippen LogP contribution < -0.4 is 5.43 Å². The second-order valence-electron chi connectivity index (χ2n) is 4.61. The molecule has 2 heteroatoms. The summed E-state index contributed by atoms with van der Waals surface area (Å²) in [6, 6.07) is 19.2. The highest BCUT2D eigenvalue weighted by atomic mass is 15.3. The molecule has 0 saturated carbocycles. The van der Waals surface area contributed by atoms with E-state index in [9.17, 15) is 0 Å². The number of nitrogens with zero attached hydrogens (tertiary/aromatic N) is 1. The molecular formula is C17H16N2. The van der Waals surface area contributed by atoms with Crippen molar-refractivity contribution in [2.75, 3.05) is 7.05 Å². The summed E-state index contributed by atoms with van der Waals surface area (Å²) < 4.78 is 0. The molecule has 0 fully saturated rings. The van der Waals surface area contributed by atoms with E-state index in [0.717, 1.165) is 5.71 Å². The average molecular weight is 248 g/mol. The molecule has 0 saturated heterocycles. The first-order valence-corrected chi connectivity index (χ1v) is 6.43. The predicted octanol–water partition coefficient (Wildman–Crippen LogP) is 3.94. The van der Waals surface area contributed by atoms with Gasteiger partial charge in [-0.2, -0.15) is 5.10 Å². The van der Waals surface area contributed by atoms with Crippen LogP contribution in [0, 0.1) is 0 Å². The molecule has 0 unspecified atom stereocenters. The summed E-state index contributed by atoms with van der Waals surface area (Å²) in [7, 11) is 1.83. The Balaban J connectivity index is 2.50. The van der Waals surface area contributed by atoms with E-state index in [1.165, 1.54) is 27.1 Å². The lowest BCUT2D eigenvalue weighted by Crippen LogP contribution is -2.04. The lowest BCUT2D eigenvalue weighted by Gasteiger charge is -2.11. The molecule has 0 amide bonds. The van der Waals surface area contributed by atoms with Crippen LogP contribution in [0.3, 0.4) is 0 Å². The van der Waals surface area contributed by atoms with E-state index in [1.807, 2.05) is 14.0 Å². The van der Waals surface area contributed by atoms with Crippen molar-refractivity contribution in [1.82, 2.24) is 5.43 Å². The second kappa shape index (κ2) is 4.73. The molecular weight excluding hydrogens is 232 g/mol. The highest BCUT2D eigenvalue weighted by Crippen LogP contribution is 2.28. The molecule has 0 bridgehead atoms. The van der Waals surface area contributed by atoms with Gasteiger partial charge in [0.15, 0.2) is 0 Å². The fourth-order valence-corrected chi connectivity index (χ4v) is 2.63. The van der Waals surface area contributed by atoms with Crippen molar-refractivity contribution in [3.05, 3.63) is 60.2 Å². The largest absolute Gasteiger partial charge is 0.313 e. The van der Waals surface area contributed by atoms with Crippen LogP contribution in [-0.4, -0.2) is 12.8 Å². The zero-order chi connectivity index (χ0) is 13.2. The van der Waals surface area contributed by atoms with Crippen LogP contribution in [0.25, 0.3) is 21.5 Å². The maximum absolute atomic E-state index is 4.36. The number of hydrogen-bond acceptors (Lipinski definition) is 2. The van der Waals surface area contributed by atoms with Crippen molar-refractivity contribution in [2.45, 2.75) is 6.92 Å². The molecule has 0 aliphatic carbocycles. The summed E-state index contributed by atoms with van der Waals surface area (Å²) in [4.78, 5) is 0. The van der Waals surface area contributed by atoms with Crippen LogP contribution in [0.15, 0.2) is 59.7 Å². The molecule has 0 atom stereocenters. The Morgan fingerprint density at radius 3 is 1.95 bits per heavy atom. The zero-order valence-electron chi connectivity index (χ0n) is 11.1. The van der Waals surface area contributed by atoms with E-state index in [2.05, 4.69) is 65.1 Å². The molecule has 0 aliphatic rings. The lowest BCUT2D eigenvalue weighted by molar-refractivity contribution is 0.900. The van der Waals surface area contributed by atoms with E-state index in [-0.39, 0.29) is 0 Å². The van der Waals surface area contributed by atoms with Gasteiger partial charge in [0.05, 0.1) is 5.71 Å². The molecule has 3 aromatic rings. The Morgan fingerprint density at radius 1 is 0.895 bits per heavy atom. The summed E-state index contributed by atoms with van der Waals surface area (Å²) in [5, 5.41) is 9.36. The first-order valence-electron chi connectivity index (χ1n) is 6.43. The van der Waals surface area contributed by atoms with Crippen LogP contribution >= 0.6 is 0 Å². The SMILES string of the molecule is CN/N=C(/C)c1c2ccccc2cc2ccccc12. The topological polar surface area (TPSA) is 24.4 Å². The third kappa shape index (κ3) is 1.95. The smallest absolute Gasteiger partial charge is 0.0656 e. The quantitative estimate of drug-likeness (QED) is 0.414. The minimum atomic E-state index is 1.01. The van der Waals surface area contributed by atoms with Gasteiger partial charge in [-0.25, -0.2) is 0 Å². The zero-order valence-corrected chi connectivity index (χ0v) is 11.1. The molecule has 0 radical (unpaired) electrons. The average Bonchev–Trinajstić information content (AvgIpc) is 2.44. The summed E-state index contributed by atoms with van der Waals surface area (Å²) in [5.41, 5.74) is 5.10. The van der Waals surface area contributed by atoms with Gasteiger partial charge in [0.25, 0.3) is 0 Å². The minimum Gasteiger partial charge on any atom is -0.313 e.